The number of hydroxylamine groups is 2. The Hall–Kier alpha value is -0.570. The van der Waals surface area contributed by atoms with Crippen molar-refractivity contribution >= 4 is 5.90 Å². The molecule has 0 unspecified atom stereocenters. The molecule has 0 radical (unpaired) electrons. The quantitative estimate of drug-likeness (QED) is 0.461. The molecule has 8 heavy (non-hydrogen) atoms. The van der Waals surface area contributed by atoms with Crippen molar-refractivity contribution in [3.8, 4) is 0 Å². The van der Waals surface area contributed by atoms with Crippen LogP contribution in [0.5, 0.6) is 0 Å². The fourth-order valence-electron chi connectivity index (χ4n) is 0.653. The molecular formula is C5H10N2O. The first kappa shape index (κ1) is 5.56. The normalized spacial score (nSPS) is 29.9. The second-order valence-corrected chi connectivity index (χ2v) is 1.92. The van der Waals surface area contributed by atoms with Gasteiger partial charge in [-0.3, -0.25) is 0 Å². The monoisotopic (exact) mass is 114 g/mol. The summed E-state index contributed by atoms with van der Waals surface area (Å²) in [6.07, 6.45) is 0.190. The van der Waals surface area contributed by atoms with Crippen LogP contribution in [0.3, 0.4) is 0 Å². The Bertz CT molecular complexity index is 122. The van der Waals surface area contributed by atoms with Crippen LogP contribution >= 0.6 is 0 Å². The summed E-state index contributed by atoms with van der Waals surface area (Å²) >= 11 is 0. The van der Waals surface area contributed by atoms with Gasteiger partial charge >= 0.3 is 0 Å². The van der Waals surface area contributed by atoms with Crippen LogP contribution in [0.1, 0.15) is 13.8 Å². The molecule has 1 aliphatic heterocycles. The van der Waals surface area contributed by atoms with Crippen LogP contribution in [0.15, 0.2) is 4.99 Å². The van der Waals surface area contributed by atoms with Crippen LogP contribution in [0.2, 0.25) is 0 Å². The number of hydrogen-bond acceptors (Lipinski definition) is 3. The lowest BCUT2D eigenvalue weighted by Crippen LogP contribution is -2.21. The smallest absolute Gasteiger partial charge is 0.208 e. The van der Waals surface area contributed by atoms with E-state index in [9.17, 15) is 0 Å². The molecule has 0 aromatic rings. The van der Waals surface area contributed by atoms with Crippen molar-refractivity contribution in [2.45, 2.75) is 20.0 Å². The van der Waals surface area contributed by atoms with Crippen LogP contribution in [-0.2, 0) is 4.84 Å². The maximum atomic E-state index is 5.06. The average molecular weight is 114 g/mol. The first-order chi connectivity index (χ1) is 3.70. The largest absolute Gasteiger partial charge is 0.389 e. The fraction of sp³-hybridized carbons (Fsp3) is 0.800. The van der Waals surface area contributed by atoms with Gasteiger partial charge < -0.3 is 4.84 Å². The van der Waals surface area contributed by atoms with E-state index in [0.717, 1.165) is 5.90 Å². The van der Waals surface area contributed by atoms with E-state index in [0.29, 0.717) is 0 Å². The maximum Gasteiger partial charge on any atom is 0.208 e. The number of aliphatic imine (C=N–C) groups is 1. The van der Waals surface area contributed by atoms with Crippen molar-refractivity contribution in [1.82, 2.24) is 5.06 Å². The summed E-state index contributed by atoms with van der Waals surface area (Å²) in [5.41, 5.74) is 0. The molecule has 1 aliphatic rings. The van der Waals surface area contributed by atoms with Gasteiger partial charge in [-0.05, 0) is 6.92 Å². The lowest BCUT2D eigenvalue weighted by Gasteiger charge is -2.09. The highest BCUT2D eigenvalue weighted by Gasteiger charge is 2.16. The van der Waals surface area contributed by atoms with Gasteiger partial charge in [-0.15, -0.1) is 5.06 Å². The van der Waals surface area contributed by atoms with Crippen LogP contribution < -0.4 is 0 Å². The summed E-state index contributed by atoms with van der Waals surface area (Å²) < 4.78 is 0. The number of rotatable bonds is 0. The molecule has 46 valence electrons. The van der Waals surface area contributed by atoms with Crippen molar-refractivity contribution < 1.29 is 4.84 Å². The zero-order chi connectivity index (χ0) is 6.15. The van der Waals surface area contributed by atoms with Crippen LogP contribution in [0.25, 0.3) is 0 Å². The number of nitrogens with zero attached hydrogens (tertiary/aromatic N) is 2. The summed E-state index contributed by atoms with van der Waals surface area (Å²) in [6, 6.07) is 0. The van der Waals surface area contributed by atoms with Crippen LogP contribution in [-0.4, -0.2) is 24.2 Å². The minimum atomic E-state index is 0.190. The summed E-state index contributed by atoms with van der Waals surface area (Å²) in [7, 11) is 1.87. The molecule has 0 aromatic heterocycles. The average Bonchev–Trinajstić information content (AvgIpc) is 1.85. The van der Waals surface area contributed by atoms with Gasteiger partial charge in [-0.25, -0.2) is 4.99 Å². The van der Waals surface area contributed by atoms with E-state index in [2.05, 4.69) is 4.99 Å². The molecule has 1 atom stereocenters. The molecule has 0 spiro atoms. The molecule has 1 heterocycles. The van der Waals surface area contributed by atoms with Gasteiger partial charge in [-0.1, -0.05) is 0 Å². The van der Waals surface area contributed by atoms with Crippen molar-refractivity contribution in [3.63, 3.8) is 0 Å². The van der Waals surface area contributed by atoms with E-state index >= 15 is 0 Å². The highest BCUT2D eigenvalue weighted by atomic mass is 16.7. The summed E-state index contributed by atoms with van der Waals surface area (Å²) in [4.78, 5) is 9.15. The third-order valence-corrected chi connectivity index (χ3v) is 1.17. The molecule has 0 amide bonds. The van der Waals surface area contributed by atoms with Gasteiger partial charge in [0.2, 0.25) is 5.90 Å². The van der Waals surface area contributed by atoms with Gasteiger partial charge in [0.05, 0.1) is 0 Å². The summed E-state index contributed by atoms with van der Waals surface area (Å²) in [5, 5.41) is 1.72. The van der Waals surface area contributed by atoms with Crippen molar-refractivity contribution in [2.75, 3.05) is 7.05 Å². The Balaban J connectivity index is 2.56. The van der Waals surface area contributed by atoms with Crippen molar-refractivity contribution in [3.05, 3.63) is 0 Å². The van der Waals surface area contributed by atoms with E-state index < -0.39 is 0 Å². The fourth-order valence-corrected chi connectivity index (χ4v) is 0.653. The highest BCUT2D eigenvalue weighted by Crippen LogP contribution is 2.06. The van der Waals surface area contributed by atoms with Gasteiger partial charge in [0.25, 0.3) is 0 Å². The molecule has 0 saturated carbocycles. The summed E-state index contributed by atoms with van der Waals surface area (Å²) in [6.45, 7) is 3.83. The van der Waals surface area contributed by atoms with Gasteiger partial charge in [0, 0.05) is 14.0 Å². The second-order valence-electron chi connectivity index (χ2n) is 1.92. The second kappa shape index (κ2) is 1.74. The molecule has 1 rings (SSSR count). The molecule has 0 aromatic carbocycles. The summed E-state index contributed by atoms with van der Waals surface area (Å²) in [5.74, 6) is 0.750. The van der Waals surface area contributed by atoms with Crippen LogP contribution in [0, 0.1) is 0 Å². The van der Waals surface area contributed by atoms with Gasteiger partial charge in [-0.2, -0.15) is 0 Å². The van der Waals surface area contributed by atoms with E-state index in [1.807, 2.05) is 20.9 Å². The molecule has 0 aliphatic carbocycles. The van der Waals surface area contributed by atoms with E-state index in [1.165, 1.54) is 0 Å². The minimum absolute atomic E-state index is 0.190. The zero-order valence-electron chi connectivity index (χ0n) is 5.38. The third kappa shape index (κ3) is 0.816. The Kier molecular flexibility index (Phi) is 1.21. The van der Waals surface area contributed by atoms with E-state index in [4.69, 9.17) is 4.84 Å². The third-order valence-electron chi connectivity index (χ3n) is 1.17. The highest BCUT2D eigenvalue weighted by molar-refractivity contribution is 5.73. The Labute approximate surface area is 48.9 Å². The Morgan fingerprint density at radius 2 is 2.38 bits per heavy atom. The molecule has 0 bridgehead atoms. The molecule has 3 nitrogen and oxygen atoms in total. The van der Waals surface area contributed by atoms with Crippen molar-refractivity contribution in [2.24, 2.45) is 4.99 Å². The standard InChI is InChI=1S/C5H10N2O/c1-4-6-5(2)8-7(4)3/h4H,1-3H3/t4-/m1/s1. The van der Waals surface area contributed by atoms with E-state index in [1.54, 1.807) is 5.06 Å². The molecular weight excluding hydrogens is 104 g/mol. The SMILES string of the molecule is CC1=N[C@@H](C)N(C)O1. The van der Waals surface area contributed by atoms with Gasteiger partial charge in [0.15, 0.2) is 0 Å². The molecule has 0 fully saturated rings. The molecule has 0 N–H and O–H groups in total. The predicted molar refractivity (Wildman–Crippen MR) is 31.4 cm³/mol. The zero-order valence-corrected chi connectivity index (χ0v) is 5.38. The lowest BCUT2D eigenvalue weighted by atomic mass is 10.6. The van der Waals surface area contributed by atoms with Crippen LogP contribution in [0.4, 0.5) is 0 Å². The molecule has 3 heteroatoms. The minimum Gasteiger partial charge on any atom is -0.389 e. The topological polar surface area (TPSA) is 24.8 Å². The van der Waals surface area contributed by atoms with Crippen molar-refractivity contribution in [1.29, 1.82) is 0 Å². The van der Waals surface area contributed by atoms with Gasteiger partial charge in [0.1, 0.15) is 6.17 Å². The Morgan fingerprint density at radius 3 is 2.50 bits per heavy atom. The van der Waals surface area contributed by atoms with E-state index in [-0.39, 0.29) is 6.17 Å². The first-order valence-corrected chi connectivity index (χ1v) is 2.65. The number of hydrogen-bond donors (Lipinski definition) is 0. The first-order valence-electron chi connectivity index (χ1n) is 2.65. The predicted octanol–water partition coefficient (Wildman–Crippen LogP) is 0.628. The lowest BCUT2D eigenvalue weighted by molar-refractivity contribution is -0.0515. The maximum absolute atomic E-state index is 5.06. The Morgan fingerprint density at radius 1 is 1.75 bits per heavy atom. The molecule has 0 saturated heterocycles.